The number of carbonyl (C=O) groups excluding carboxylic acids is 1. The molecule has 0 amide bonds. The van der Waals surface area contributed by atoms with E-state index in [1.807, 2.05) is 6.92 Å². The van der Waals surface area contributed by atoms with Gasteiger partial charge in [0.2, 0.25) is 0 Å². The van der Waals surface area contributed by atoms with E-state index in [9.17, 15) is 18.0 Å². The number of hydrogen-bond acceptors (Lipinski definition) is 4. The van der Waals surface area contributed by atoms with Crippen molar-refractivity contribution in [3.8, 4) is 0 Å². The van der Waals surface area contributed by atoms with Crippen LogP contribution >= 0.6 is 11.3 Å². The molecule has 4 nitrogen and oxygen atoms in total. The van der Waals surface area contributed by atoms with E-state index in [1.54, 1.807) is 17.8 Å². The number of nitrogens with zero attached hydrogens (tertiary/aromatic N) is 2. The van der Waals surface area contributed by atoms with Crippen LogP contribution in [0, 0.1) is 6.92 Å². The van der Waals surface area contributed by atoms with Crippen LogP contribution in [0.1, 0.15) is 26.5 Å². The van der Waals surface area contributed by atoms with Gasteiger partial charge < -0.3 is 4.74 Å². The van der Waals surface area contributed by atoms with Crippen molar-refractivity contribution in [2.75, 3.05) is 0 Å². The summed E-state index contributed by atoms with van der Waals surface area (Å²) < 4.78 is 44.8. The molecular formula is C16H13F3N2O2S. The molecular weight excluding hydrogens is 341 g/mol. The Morgan fingerprint density at radius 2 is 2.08 bits per heavy atom. The molecule has 0 fully saturated rings. The fourth-order valence-corrected chi connectivity index (χ4v) is 3.38. The largest absolute Gasteiger partial charge is 0.457 e. The number of halogens is 3. The van der Waals surface area contributed by atoms with Crippen LogP contribution in [-0.4, -0.2) is 15.7 Å². The first-order valence-corrected chi connectivity index (χ1v) is 7.84. The Bertz CT molecular complexity index is 877. The lowest BCUT2D eigenvalue weighted by Crippen LogP contribution is -2.07. The predicted octanol–water partition coefficient (Wildman–Crippen LogP) is 4.32. The molecule has 0 aliphatic carbocycles. The molecule has 3 rings (SSSR count). The number of ether oxygens (including phenoxy) is 1. The van der Waals surface area contributed by atoms with E-state index in [2.05, 4.69) is 5.10 Å². The fourth-order valence-electron chi connectivity index (χ4n) is 2.36. The summed E-state index contributed by atoms with van der Waals surface area (Å²) in [5.74, 6) is -0.562. The highest BCUT2D eigenvalue weighted by atomic mass is 32.1. The smallest absolute Gasteiger partial charge is 0.416 e. The molecule has 0 bridgehead atoms. The van der Waals surface area contributed by atoms with E-state index in [0.717, 1.165) is 28.0 Å². The Balaban J connectivity index is 1.74. The first-order chi connectivity index (χ1) is 11.3. The van der Waals surface area contributed by atoms with Crippen molar-refractivity contribution in [3.63, 3.8) is 0 Å². The first-order valence-electron chi connectivity index (χ1n) is 7.02. The van der Waals surface area contributed by atoms with Crippen LogP contribution in [0.2, 0.25) is 0 Å². The Morgan fingerprint density at radius 1 is 1.33 bits per heavy atom. The highest BCUT2D eigenvalue weighted by Gasteiger charge is 2.30. The molecule has 0 aliphatic rings. The second-order valence-corrected chi connectivity index (χ2v) is 6.34. The Labute approximate surface area is 139 Å². The lowest BCUT2D eigenvalue weighted by Gasteiger charge is -2.09. The zero-order valence-corrected chi connectivity index (χ0v) is 13.7. The molecule has 8 heteroatoms. The number of aryl methyl sites for hydroxylation is 2. The van der Waals surface area contributed by atoms with Crippen LogP contribution in [0.15, 0.2) is 30.3 Å². The van der Waals surface area contributed by atoms with Crippen molar-refractivity contribution in [1.29, 1.82) is 0 Å². The molecule has 0 spiro atoms. The van der Waals surface area contributed by atoms with Gasteiger partial charge in [-0.1, -0.05) is 12.1 Å². The van der Waals surface area contributed by atoms with Crippen molar-refractivity contribution in [3.05, 3.63) is 52.0 Å². The quantitative estimate of drug-likeness (QED) is 0.658. The lowest BCUT2D eigenvalue weighted by molar-refractivity contribution is -0.137. The number of rotatable bonds is 3. The molecule has 0 unspecified atom stereocenters. The van der Waals surface area contributed by atoms with Crippen molar-refractivity contribution in [1.82, 2.24) is 9.78 Å². The highest BCUT2D eigenvalue weighted by Crippen LogP contribution is 2.30. The normalized spacial score (nSPS) is 11.9. The number of alkyl halides is 3. The van der Waals surface area contributed by atoms with Crippen LogP contribution in [0.5, 0.6) is 0 Å². The second-order valence-electron chi connectivity index (χ2n) is 5.31. The number of fused-ring (bicyclic) bond motifs is 1. The maximum atomic E-state index is 12.7. The number of carbonyl (C=O) groups is 1. The Kier molecular flexibility index (Phi) is 4.08. The number of hydrogen-bond donors (Lipinski definition) is 0. The molecule has 0 N–H and O–H groups in total. The number of thiophene rings is 1. The first kappa shape index (κ1) is 16.5. The van der Waals surface area contributed by atoms with E-state index in [-0.39, 0.29) is 12.2 Å². The summed E-state index contributed by atoms with van der Waals surface area (Å²) in [5.41, 5.74) is 0.331. The van der Waals surface area contributed by atoms with Crippen LogP contribution < -0.4 is 0 Å². The predicted molar refractivity (Wildman–Crippen MR) is 83.9 cm³/mol. The van der Waals surface area contributed by atoms with Crippen molar-refractivity contribution < 1.29 is 22.7 Å². The van der Waals surface area contributed by atoms with Gasteiger partial charge in [0.1, 0.15) is 16.3 Å². The zero-order chi connectivity index (χ0) is 17.5. The van der Waals surface area contributed by atoms with Gasteiger partial charge in [-0.15, -0.1) is 11.3 Å². The van der Waals surface area contributed by atoms with Crippen LogP contribution in [0.25, 0.3) is 10.2 Å². The van der Waals surface area contributed by atoms with Gasteiger partial charge in [-0.2, -0.15) is 18.3 Å². The molecule has 0 aliphatic heterocycles. The SMILES string of the molecule is Cc1nn(C)c2sc(C(=O)OCc3cccc(C(F)(F)F)c3)cc12. The average Bonchev–Trinajstić information content (AvgIpc) is 3.07. The van der Waals surface area contributed by atoms with E-state index < -0.39 is 17.7 Å². The average molecular weight is 354 g/mol. The minimum Gasteiger partial charge on any atom is -0.457 e. The van der Waals surface area contributed by atoms with Crippen molar-refractivity contribution >= 4 is 27.5 Å². The molecule has 0 saturated carbocycles. The third-order valence-corrected chi connectivity index (χ3v) is 4.70. The van der Waals surface area contributed by atoms with Gasteiger partial charge >= 0.3 is 12.1 Å². The summed E-state index contributed by atoms with van der Waals surface area (Å²) in [6, 6.07) is 6.43. The Hall–Kier alpha value is -2.35. The summed E-state index contributed by atoms with van der Waals surface area (Å²) in [6.07, 6.45) is -4.42. The van der Waals surface area contributed by atoms with Crippen LogP contribution in [0.4, 0.5) is 13.2 Å². The maximum absolute atomic E-state index is 12.7. The third-order valence-electron chi connectivity index (χ3n) is 3.52. The number of aromatic nitrogens is 2. The molecule has 1 aromatic carbocycles. The molecule has 3 aromatic rings. The van der Waals surface area contributed by atoms with Gasteiger partial charge in [-0.05, 0) is 30.7 Å². The standard InChI is InChI=1S/C16H13F3N2O2S/c1-9-12-7-13(24-14(12)21(2)20-9)15(22)23-8-10-4-3-5-11(6-10)16(17,18)19/h3-7H,8H2,1-2H3. The Morgan fingerprint density at radius 3 is 2.75 bits per heavy atom. The molecule has 0 radical (unpaired) electrons. The summed E-state index contributed by atoms with van der Waals surface area (Å²) in [4.78, 5) is 13.4. The minimum absolute atomic E-state index is 0.214. The molecule has 24 heavy (non-hydrogen) atoms. The summed E-state index contributed by atoms with van der Waals surface area (Å²) >= 11 is 1.24. The molecule has 0 atom stereocenters. The van der Waals surface area contributed by atoms with Gasteiger partial charge in [-0.25, -0.2) is 4.79 Å². The lowest BCUT2D eigenvalue weighted by atomic mass is 10.1. The van der Waals surface area contributed by atoms with Gasteiger partial charge in [0.05, 0.1) is 11.3 Å². The zero-order valence-electron chi connectivity index (χ0n) is 12.8. The van der Waals surface area contributed by atoms with Crippen LogP contribution in [-0.2, 0) is 24.6 Å². The van der Waals surface area contributed by atoms with Gasteiger partial charge in [0.25, 0.3) is 0 Å². The molecule has 2 heterocycles. The number of benzene rings is 1. The van der Waals surface area contributed by atoms with Crippen molar-refractivity contribution in [2.24, 2.45) is 7.05 Å². The number of esters is 1. The van der Waals surface area contributed by atoms with E-state index in [0.29, 0.717) is 4.88 Å². The molecule has 0 saturated heterocycles. The van der Waals surface area contributed by atoms with E-state index in [4.69, 9.17) is 4.74 Å². The summed E-state index contributed by atoms with van der Waals surface area (Å²) in [5, 5.41) is 5.11. The van der Waals surface area contributed by atoms with Gasteiger partial charge in [0, 0.05) is 12.4 Å². The fraction of sp³-hybridized carbons (Fsp3) is 0.250. The molecule has 2 aromatic heterocycles. The third kappa shape index (κ3) is 3.14. The van der Waals surface area contributed by atoms with Gasteiger partial charge in [-0.3, -0.25) is 4.68 Å². The monoisotopic (exact) mass is 354 g/mol. The van der Waals surface area contributed by atoms with E-state index >= 15 is 0 Å². The minimum atomic E-state index is -4.42. The summed E-state index contributed by atoms with van der Waals surface area (Å²) in [7, 11) is 1.78. The summed E-state index contributed by atoms with van der Waals surface area (Å²) in [6.45, 7) is 1.63. The topological polar surface area (TPSA) is 44.1 Å². The maximum Gasteiger partial charge on any atom is 0.416 e. The van der Waals surface area contributed by atoms with E-state index in [1.165, 1.54) is 23.5 Å². The molecule has 126 valence electrons. The second kappa shape index (κ2) is 5.94. The van der Waals surface area contributed by atoms with Crippen LogP contribution in [0.3, 0.4) is 0 Å². The highest BCUT2D eigenvalue weighted by molar-refractivity contribution is 7.20. The van der Waals surface area contributed by atoms with Gasteiger partial charge in [0.15, 0.2) is 0 Å². The van der Waals surface area contributed by atoms with Crippen molar-refractivity contribution in [2.45, 2.75) is 19.7 Å².